The van der Waals surface area contributed by atoms with E-state index in [4.69, 9.17) is 4.74 Å². The molecule has 0 rings (SSSR count). The summed E-state index contributed by atoms with van der Waals surface area (Å²) in [6, 6.07) is -0.718. The first-order valence-electron chi connectivity index (χ1n) is 28.2. The molecule has 0 aliphatic carbocycles. The summed E-state index contributed by atoms with van der Waals surface area (Å²) in [7, 11) is 0. The Bertz CT molecular complexity index is 1220. The van der Waals surface area contributed by atoms with Gasteiger partial charge in [-0.1, -0.05) is 267 Å². The molecule has 0 aromatic carbocycles. The number of allylic oxidation sites excluding steroid dienone is 12. The second-order valence-corrected chi connectivity index (χ2v) is 19.0. The van der Waals surface area contributed by atoms with E-state index in [1.54, 1.807) is 0 Å². The Morgan fingerprint density at radius 1 is 0.455 bits per heavy atom. The summed E-state index contributed by atoms with van der Waals surface area (Å²) in [5, 5.41) is 23.8. The van der Waals surface area contributed by atoms with E-state index in [0.29, 0.717) is 19.3 Å². The number of hydrogen-bond acceptors (Lipinski definition) is 5. The fraction of sp³-hybridized carbons (Fsp3) is 0.767. The van der Waals surface area contributed by atoms with E-state index in [2.05, 4.69) is 92.9 Å². The summed E-state index contributed by atoms with van der Waals surface area (Å²) in [6.07, 6.45) is 68.3. The Balaban J connectivity index is 4.64. The van der Waals surface area contributed by atoms with Gasteiger partial charge in [-0.25, -0.2) is 0 Å². The second kappa shape index (κ2) is 53.3. The molecule has 0 saturated carbocycles. The highest BCUT2D eigenvalue weighted by Gasteiger charge is 2.24. The number of carbonyl (C=O) groups excluding carboxylic acids is 2. The van der Waals surface area contributed by atoms with Crippen molar-refractivity contribution in [1.29, 1.82) is 0 Å². The van der Waals surface area contributed by atoms with Crippen LogP contribution in [0.15, 0.2) is 72.9 Å². The van der Waals surface area contributed by atoms with Gasteiger partial charge in [0, 0.05) is 6.42 Å². The minimum Gasteiger partial charge on any atom is -0.462 e. The predicted octanol–water partition coefficient (Wildman–Crippen LogP) is 17.3. The van der Waals surface area contributed by atoms with Gasteiger partial charge in [0.1, 0.15) is 6.10 Å². The molecule has 0 bridgehead atoms. The molecule has 6 nitrogen and oxygen atoms in total. The van der Waals surface area contributed by atoms with Gasteiger partial charge in [0.15, 0.2) is 0 Å². The monoisotopic (exact) mass is 922 g/mol. The second-order valence-electron chi connectivity index (χ2n) is 19.0. The third-order valence-corrected chi connectivity index (χ3v) is 12.6. The number of amides is 1. The van der Waals surface area contributed by atoms with Crippen molar-refractivity contribution in [2.24, 2.45) is 0 Å². The molecule has 0 radical (unpaired) electrons. The molecular formula is C60H107NO5. The van der Waals surface area contributed by atoms with Crippen LogP contribution in [-0.4, -0.2) is 46.9 Å². The number of ether oxygens (including phenoxy) is 1. The highest BCUT2D eigenvalue weighted by atomic mass is 16.5. The standard InChI is InChI=1S/C60H107NO5/c1-4-7-10-13-16-19-22-25-27-28-29-30-32-35-38-41-44-47-50-53-60(65)66-56(51-48-45-42-39-36-33-24-21-18-15-12-9-6-3)54-59(64)61-57(55-62)58(63)52-49-46-43-40-37-34-31-26-23-20-17-14-11-8-5-2/h7,10,16,19,25,27,29-30,35,38,44,47,56-58,62-63H,4-6,8-9,11-15,17-18,20-24,26,28,31-34,36-37,39-43,45-46,48-55H2,1-3H3,(H,61,64)/b10-7-,19-16-,27-25-,30-29-,38-35-,47-44-. The van der Waals surface area contributed by atoms with Crippen LogP contribution in [-0.2, 0) is 14.3 Å². The summed E-state index contributed by atoms with van der Waals surface area (Å²) < 4.78 is 5.91. The molecule has 0 fully saturated rings. The lowest BCUT2D eigenvalue weighted by Crippen LogP contribution is -2.46. The summed E-state index contributed by atoms with van der Waals surface area (Å²) in [4.78, 5) is 26.2. The van der Waals surface area contributed by atoms with Gasteiger partial charge in [0.05, 0.1) is 25.2 Å². The van der Waals surface area contributed by atoms with Crippen molar-refractivity contribution < 1.29 is 24.5 Å². The number of unbranched alkanes of at least 4 members (excludes halogenated alkanes) is 26. The van der Waals surface area contributed by atoms with Crippen molar-refractivity contribution in [2.75, 3.05) is 6.61 Å². The smallest absolute Gasteiger partial charge is 0.306 e. The topological polar surface area (TPSA) is 95.9 Å². The maximum Gasteiger partial charge on any atom is 0.306 e. The zero-order chi connectivity index (χ0) is 48.1. The number of rotatable bonds is 50. The summed E-state index contributed by atoms with van der Waals surface area (Å²) in [6.45, 7) is 6.37. The SMILES string of the molecule is CC/C=C\C/C=C\C/C=C\C/C=C\C/C=C\C/C=C\CCC(=O)OC(CCCCCCCCCCCCCCC)CC(=O)NC(CO)C(O)CCCCCCCCCCCCCCCCC. The molecule has 0 spiro atoms. The van der Waals surface area contributed by atoms with E-state index in [0.717, 1.165) is 77.0 Å². The number of aliphatic hydroxyl groups is 2. The molecule has 3 N–H and O–H groups in total. The molecule has 3 unspecified atom stereocenters. The van der Waals surface area contributed by atoms with Crippen LogP contribution in [0.1, 0.15) is 271 Å². The van der Waals surface area contributed by atoms with Gasteiger partial charge in [-0.3, -0.25) is 9.59 Å². The van der Waals surface area contributed by atoms with E-state index < -0.39 is 18.2 Å². The van der Waals surface area contributed by atoms with Crippen LogP contribution in [0, 0.1) is 0 Å². The van der Waals surface area contributed by atoms with Crippen LogP contribution < -0.4 is 5.32 Å². The molecule has 1 amide bonds. The van der Waals surface area contributed by atoms with Crippen LogP contribution in [0.25, 0.3) is 0 Å². The Hall–Kier alpha value is -2.70. The maximum absolute atomic E-state index is 13.2. The third kappa shape index (κ3) is 47.8. The Morgan fingerprint density at radius 3 is 1.15 bits per heavy atom. The highest BCUT2D eigenvalue weighted by Crippen LogP contribution is 2.18. The van der Waals surface area contributed by atoms with Crippen molar-refractivity contribution in [3.8, 4) is 0 Å². The average molecular weight is 923 g/mol. The maximum atomic E-state index is 13.2. The van der Waals surface area contributed by atoms with E-state index in [1.807, 2.05) is 6.08 Å². The lowest BCUT2D eigenvalue weighted by atomic mass is 10.0. The molecule has 382 valence electrons. The van der Waals surface area contributed by atoms with Crippen LogP contribution in [0.3, 0.4) is 0 Å². The number of nitrogens with one attached hydrogen (secondary N) is 1. The minimum atomic E-state index is -0.802. The summed E-state index contributed by atoms with van der Waals surface area (Å²) >= 11 is 0. The van der Waals surface area contributed by atoms with Crippen LogP contribution in [0.4, 0.5) is 0 Å². The number of esters is 1. The van der Waals surface area contributed by atoms with Crippen LogP contribution >= 0.6 is 0 Å². The van der Waals surface area contributed by atoms with E-state index in [1.165, 1.54) is 141 Å². The molecule has 3 atom stereocenters. The lowest BCUT2D eigenvalue weighted by molar-refractivity contribution is -0.150. The number of carbonyl (C=O) groups is 2. The van der Waals surface area contributed by atoms with E-state index in [9.17, 15) is 19.8 Å². The van der Waals surface area contributed by atoms with Gasteiger partial charge in [-0.15, -0.1) is 0 Å². The zero-order valence-corrected chi connectivity index (χ0v) is 43.6. The van der Waals surface area contributed by atoms with Crippen molar-refractivity contribution in [2.45, 2.75) is 289 Å². The molecule has 0 saturated heterocycles. The first-order chi connectivity index (χ1) is 32.5. The number of hydrogen-bond donors (Lipinski definition) is 3. The molecule has 0 aromatic rings. The molecule has 0 aliphatic rings. The molecular weight excluding hydrogens is 815 g/mol. The fourth-order valence-corrected chi connectivity index (χ4v) is 8.34. The normalized spacial score (nSPS) is 13.7. The van der Waals surface area contributed by atoms with E-state index >= 15 is 0 Å². The van der Waals surface area contributed by atoms with Gasteiger partial charge >= 0.3 is 5.97 Å². The number of aliphatic hydroxyl groups excluding tert-OH is 2. The van der Waals surface area contributed by atoms with Crippen molar-refractivity contribution in [3.05, 3.63) is 72.9 Å². The zero-order valence-electron chi connectivity index (χ0n) is 43.6. The molecule has 0 heterocycles. The lowest BCUT2D eigenvalue weighted by Gasteiger charge is -2.24. The fourth-order valence-electron chi connectivity index (χ4n) is 8.34. The molecule has 6 heteroatoms. The Labute approximate surface area is 409 Å². The van der Waals surface area contributed by atoms with Gasteiger partial charge in [0.25, 0.3) is 0 Å². The van der Waals surface area contributed by atoms with Crippen LogP contribution in [0.2, 0.25) is 0 Å². The minimum absolute atomic E-state index is 0.0477. The first kappa shape index (κ1) is 63.3. The van der Waals surface area contributed by atoms with E-state index in [-0.39, 0.29) is 31.3 Å². The summed E-state index contributed by atoms with van der Waals surface area (Å²) in [5.41, 5.74) is 0. The Morgan fingerprint density at radius 2 is 0.788 bits per heavy atom. The first-order valence-corrected chi connectivity index (χ1v) is 28.2. The third-order valence-electron chi connectivity index (χ3n) is 12.6. The van der Waals surface area contributed by atoms with Gasteiger partial charge in [-0.2, -0.15) is 0 Å². The Kier molecular flexibility index (Phi) is 51.1. The molecule has 0 aromatic heterocycles. The highest BCUT2D eigenvalue weighted by molar-refractivity contribution is 5.77. The quantitative estimate of drug-likeness (QED) is 0.0321. The molecule has 0 aliphatic heterocycles. The van der Waals surface area contributed by atoms with Gasteiger partial charge in [-0.05, 0) is 64.2 Å². The predicted molar refractivity (Wildman–Crippen MR) is 287 cm³/mol. The largest absolute Gasteiger partial charge is 0.462 e. The average Bonchev–Trinajstić information content (AvgIpc) is 3.31. The molecule has 66 heavy (non-hydrogen) atoms. The van der Waals surface area contributed by atoms with Crippen LogP contribution in [0.5, 0.6) is 0 Å². The van der Waals surface area contributed by atoms with Crippen molar-refractivity contribution >= 4 is 11.9 Å². The summed E-state index contributed by atoms with van der Waals surface area (Å²) in [5.74, 6) is -0.567. The van der Waals surface area contributed by atoms with Gasteiger partial charge < -0.3 is 20.3 Å². The van der Waals surface area contributed by atoms with Gasteiger partial charge in [0.2, 0.25) is 5.91 Å². The van der Waals surface area contributed by atoms with Crippen molar-refractivity contribution in [1.82, 2.24) is 5.32 Å². The van der Waals surface area contributed by atoms with Crippen molar-refractivity contribution in [3.63, 3.8) is 0 Å².